The van der Waals surface area contributed by atoms with Crippen molar-refractivity contribution in [2.45, 2.75) is 6.92 Å². The average Bonchev–Trinajstić information content (AvgIpc) is 3.25. The third kappa shape index (κ3) is 3.36. The van der Waals surface area contributed by atoms with Crippen LogP contribution in [0.5, 0.6) is 11.5 Å². The van der Waals surface area contributed by atoms with Crippen LogP contribution in [0.3, 0.4) is 0 Å². The fourth-order valence-electron chi connectivity index (χ4n) is 3.26. The second-order valence-corrected chi connectivity index (χ2v) is 6.66. The van der Waals surface area contributed by atoms with Crippen LogP contribution in [-0.2, 0) is 0 Å². The monoisotopic (exact) mass is 382 g/mol. The molecule has 1 aromatic heterocycles. The largest absolute Gasteiger partial charge is 0.454 e. The summed E-state index contributed by atoms with van der Waals surface area (Å²) in [5, 5.41) is 5.48. The van der Waals surface area contributed by atoms with E-state index in [9.17, 15) is 0 Å². The van der Waals surface area contributed by atoms with E-state index in [1.165, 1.54) is 0 Å². The summed E-state index contributed by atoms with van der Waals surface area (Å²) in [5.74, 6) is 1.92. The molecule has 0 amide bonds. The summed E-state index contributed by atoms with van der Waals surface area (Å²) >= 11 is 0. The predicted octanol–water partition coefficient (Wildman–Crippen LogP) is 4.86. The number of hydrazone groups is 1. The van der Waals surface area contributed by atoms with Crippen molar-refractivity contribution in [3.05, 3.63) is 78.4 Å². The first-order valence-corrected chi connectivity index (χ1v) is 9.30. The topological polar surface area (TPSA) is 68.6 Å². The zero-order valence-corrected chi connectivity index (χ0v) is 15.8. The van der Waals surface area contributed by atoms with Crippen LogP contribution < -0.4 is 14.9 Å². The third-order valence-electron chi connectivity index (χ3n) is 4.76. The molecule has 4 aromatic rings. The molecule has 0 spiro atoms. The average molecular weight is 382 g/mol. The van der Waals surface area contributed by atoms with E-state index in [0.717, 1.165) is 44.9 Å². The molecule has 0 fully saturated rings. The van der Waals surface area contributed by atoms with Crippen LogP contribution >= 0.6 is 0 Å². The number of rotatable bonds is 4. The number of hydrogen-bond donors (Lipinski definition) is 1. The molecule has 1 aliphatic heterocycles. The summed E-state index contributed by atoms with van der Waals surface area (Å²) in [6.07, 6.45) is 0. The predicted molar refractivity (Wildman–Crippen MR) is 113 cm³/mol. The van der Waals surface area contributed by atoms with Crippen molar-refractivity contribution in [3.8, 4) is 22.8 Å². The van der Waals surface area contributed by atoms with E-state index in [1.54, 1.807) is 0 Å². The zero-order chi connectivity index (χ0) is 19.6. The van der Waals surface area contributed by atoms with Gasteiger partial charge in [0.15, 0.2) is 11.5 Å². The molecule has 29 heavy (non-hydrogen) atoms. The van der Waals surface area contributed by atoms with Crippen molar-refractivity contribution < 1.29 is 9.47 Å². The number of aromatic nitrogens is 2. The Balaban J connectivity index is 1.50. The molecule has 1 N–H and O–H groups in total. The van der Waals surface area contributed by atoms with Gasteiger partial charge in [-0.2, -0.15) is 5.10 Å². The van der Waals surface area contributed by atoms with Crippen molar-refractivity contribution in [2.75, 3.05) is 12.2 Å². The number of ether oxygens (including phenoxy) is 2. The number of nitrogens with one attached hydrogen (secondary N) is 1. The molecule has 142 valence electrons. The molecule has 0 saturated heterocycles. The second-order valence-electron chi connectivity index (χ2n) is 6.66. The van der Waals surface area contributed by atoms with Gasteiger partial charge in [-0.15, -0.1) is 0 Å². The standard InChI is InChI=1S/C23H18N4O2/c1-15(17-11-12-20-21(13-17)29-14-28-20)26-27-23-24-19-10-6-5-9-18(19)22(25-23)16-7-3-2-4-8-16/h2-13H,14H2,1H3,(H,24,25,27)/b26-15+. The van der Waals surface area contributed by atoms with Gasteiger partial charge in [-0.1, -0.05) is 48.5 Å². The molecule has 5 rings (SSSR count). The van der Waals surface area contributed by atoms with Crippen LogP contribution in [0.4, 0.5) is 5.95 Å². The molecule has 0 unspecified atom stereocenters. The Morgan fingerprint density at radius 2 is 1.69 bits per heavy atom. The van der Waals surface area contributed by atoms with Crippen molar-refractivity contribution in [1.29, 1.82) is 0 Å². The van der Waals surface area contributed by atoms with Crippen LogP contribution in [0.1, 0.15) is 12.5 Å². The molecule has 1 aliphatic rings. The van der Waals surface area contributed by atoms with Gasteiger partial charge in [0, 0.05) is 16.5 Å². The molecule has 3 aromatic carbocycles. The van der Waals surface area contributed by atoms with E-state index in [-0.39, 0.29) is 6.79 Å². The Kier molecular flexibility index (Phi) is 4.29. The fraction of sp³-hybridized carbons (Fsp3) is 0.0870. The highest BCUT2D eigenvalue weighted by Gasteiger charge is 2.14. The number of anilines is 1. The van der Waals surface area contributed by atoms with Crippen LogP contribution in [0, 0.1) is 0 Å². The summed E-state index contributed by atoms with van der Waals surface area (Å²) in [7, 11) is 0. The lowest BCUT2D eigenvalue weighted by atomic mass is 10.1. The number of benzene rings is 3. The molecule has 0 aliphatic carbocycles. The summed E-state index contributed by atoms with van der Waals surface area (Å²) < 4.78 is 10.8. The maximum absolute atomic E-state index is 5.44. The molecule has 6 nitrogen and oxygen atoms in total. The highest BCUT2D eigenvalue weighted by atomic mass is 16.7. The number of hydrogen-bond acceptors (Lipinski definition) is 6. The molecule has 6 heteroatoms. The smallest absolute Gasteiger partial charge is 0.244 e. The third-order valence-corrected chi connectivity index (χ3v) is 4.76. The van der Waals surface area contributed by atoms with E-state index in [2.05, 4.69) is 15.5 Å². The van der Waals surface area contributed by atoms with E-state index in [0.29, 0.717) is 5.95 Å². The van der Waals surface area contributed by atoms with E-state index < -0.39 is 0 Å². The quantitative estimate of drug-likeness (QED) is 0.403. The van der Waals surface area contributed by atoms with Gasteiger partial charge in [0.05, 0.1) is 16.9 Å². The van der Waals surface area contributed by atoms with Crippen LogP contribution in [0.25, 0.3) is 22.2 Å². The lowest BCUT2D eigenvalue weighted by Crippen LogP contribution is -2.03. The van der Waals surface area contributed by atoms with E-state index in [4.69, 9.17) is 14.5 Å². The van der Waals surface area contributed by atoms with Gasteiger partial charge >= 0.3 is 0 Å². The first-order chi connectivity index (χ1) is 14.3. The van der Waals surface area contributed by atoms with Crippen molar-refractivity contribution in [1.82, 2.24) is 9.97 Å². The molecular formula is C23H18N4O2. The lowest BCUT2D eigenvalue weighted by molar-refractivity contribution is 0.174. The Labute approximate surface area is 167 Å². The van der Waals surface area contributed by atoms with Gasteiger partial charge in [-0.05, 0) is 31.2 Å². The summed E-state index contributed by atoms with van der Waals surface area (Å²) in [6, 6.07) is 23.8. The molecule has 2 heterocycles. The molecule has 0 atom stereocenters. The van der Waals surface area contributed by atoms with Crippen LogP contribution in [-0.4, -0.2) is 22.5 Å². The van der Waals surface area contributed by atoms with Gasteiger partial charge in [0.2, 0.25) is 12.7 Å². The van der Waals surface area contributed by atoms with E-state index in [1.807, 2.05) is 79.7 Å². The SMILES string of the molecule is C/C(=N\Nc1nc(-c2ccccc2)c2ccccc2n1)c1ccc2c(c1)OCO2. The zero-order valence-electron chi connectivity index (χ0n) is 15.8. The Morgan fingerprint density at radius 3 is 2.59 bits per heavy atom. The van der Waals surface area contributed by atoms with Crippen LogP contribution in [0.2, 0.25) is 0 Å². The van der Waals surface area contributed by atoms with Gasteiger partial charge in [0.25, 0.3) is 0 Å². The molecule has 0 bridgehead atoms. The fourth-order valence-corrected chi connectivity index (χ4v) is 3.26. The maximum atomic E-state index is 5.44. The minimum absolute atomic E-state index is 0.250. The van der Waals surface area contributed by atoms with Gasteiger partial charge in [0.1, 0.15) is 0 Å². The highest BCUT2D eigenvalue weighted by Crippen LogP contribution is 2.32. The Hall–Kier alpha value is -3.93. The number of para-hydroxylation sites is 1. The second kappa shape index (κ2) is 7.24. The van der Waals surface area contributed by atoms with Gasteiger partial charge in [-0.25, -0.2) is 15.4 Å². The molecule has 0 saturated carbocycles. The summed E-state index contributed by atoms with van der Waals surface area (Å²) in [6.45, 7) is 2.17. The molecular weight excluding hydrogens is 364 g/mol. The molecule has 0 radical (unpaired) electrons. The number of nitrogens with zero attached hydrogens (tertiary/aromatic N) is 3. The highest BCUT2D eigenvalue weighted by molar-refractivity contribution is 5.99. The first kappa shape index (κ1) is 17.2. The minimum Gasteiger partial charge on any atom is -0.454 e. The van der Waals surface area contributed by atoms with Crippen molar-refractivity contribution in [2.24, 2.45) is 5.10 Å². The van der Waals surface area contributed by atoms with Gasteiger partial charge in [-0.3, -0.25) is 0 Å². The normalized spacial score (nSPS) is 12.9. The Morgan fingerprint density at radius 1 is 0.897 bits per heavy atom. The van der Waals surface area contributed by atoms with Crippen molar-refractivity contribution in [3.63, 3.8) is 0 Å². The first-order valence-electron chi connectivity index (χ1n) is 9.30. The van der Waals surface area contributed by atoms with Crippen LogP contribution in [0.15, 0.2) is 77.9 Å². The lowest BCUT2D eigenvalue weighted by Gasteiger charge is -2.09. The van der Waals surface area contributed by atoms with E-state index >= 15 is 0 Å². The van der Waals surface area contributed by atoms with Gasteiger partial charge < -0.3 is 9.47 Å². The maximum Gasteiger partial charge on any atom is 0.244 e. The summed E-state index contributed by atoms with van der Waals surface area (Å²) in [5.41, 5.74) is 7.50. The van der Waals surface area contributed by atoms with Crippen molar-refractivity contribution >= 4 is 22.6 Å². The summed E-state index contributed by atoms with van der Waals surface area (Å²) in [4.78, 5) is 9.33. The Bertz CT molecular complexity index is 1220. The number of fused-ring (bicyclic) bond motifs is 2. The minimum atomic E-state index is 0.250.